The monoisotopic (exact) mass is 510 g/mol. The van der Waals surface area contributed by atoms with Crippen LogP contribution in [0.15, 0.2) is 54.6 Å². The minimum Gasteiger partial charge on any atom is -0.480 e. The highest BCUT2D eigenvalue weighted by Crippen LogP contribution is 2.28. The Morgan fingerprint density at radius 2 is 1.78 bits per heavy atom. The number of nitrogens with two attached hydrogens (primary N) is 1. The normalized spacial score (nSPS) is 17.5. The number of nitrogen functional groups attached to an aromatic ring is 1. The lowest BCUT2D eigenvalue weighted by atomic mass is 9.91. The standard InChI is InChI=1S/C24H26N6O7/c1-24(16-9-7-15(8-10-16)19(25)26)21(34)30(22(35)29-24)12-18(31)27-11-17(20(32)33)28-23(36)37-13-14-5-3-2-4-6-14/h2-10,17H,11-13H2,1H3,(H3,25,26)(H,27,31)(H,28,36)(H,29,35)(H,32,33)/t17?,24-/m0/s1. The van der Waals surface area contributed by atoms with Crippen LogP contribution in [0.5, 0.6) is 0 Å². The number of hydrogen-bond acceptors (Lipinski definition) is 7. The third-order valence-electron chi connectivity index (χ3n) is 5.66. The van der Waals surface area contributed by atoms with Gasteiger partial charge in [0.05, 0.1) is 0 Å². The van der Waals surface area contributed by atoms with E-state index in [2.05, 4.69) is 16.0 Å². The van der Waals surface area contributed by atoms with Crippen molar-refractivity contribution in [3.05, 3.63) is 71.3 Å². The van der Waals surface area contributed by atoms with Gasteiger partial charge >= 0.3 is 18.1 Å². The molecule has 2 aromatic carbocycles. The molecule has 13 heteroatoms. The van der Waals surface area contributed by atoms with Crippen molar-refractivity contribution in [2.75, 3.05) is 13.1 Å². The molecule has 37 heavy (non-hydrogen) atoms. The summed E-state index contributed by atoms with van der Waals surface area (Å²) in [5.74, 6) is -3.09. The summed E-state index contributed by atoms with van der Waals surface area (Å²) < 4.78 is 4.99. The lowest BCUT2D eigenvalue weighted by Gasteiger charge is -2.22. The first-order chi connectivity index (χ1) is 17.5. The molecule has 2 atom stereocenters. The number of aliphatic carboxylic acids is 1. The summed E-state index contributed by atoms with van der Waals surface area (Å²) in [5.41, 5.74) is 5.54. The zero-order valence-electron chi connectivity index (χ0n) is 19.8. The van der Waals surface area contributed by atoms with Crippen LogP contribution in [0.2, 0.25) is 0 Å². The zero-order valence-corrected chi connectivity index (χ0v) is 19.8. The van der Waals surface area contributed by atoms with Gasteiger partial charge in [0.1, 0.15) is 30.6 Å². The summed E-state index contributed by atoms with van der Waals surface area (Å²) in [4.78, 5) is 62.1. The third kappa shape index (κ3) is 6.39. The number of amides is 5. The van der Waals surface area contributed by atoms with Gasteiger partial charge in [0.2, 0.25) is 5.91 Å². The number of carboxylic acid groups (broad SMARTS) is 1. The number of carboxylic acids is 1. The van der Waals surface area contributed by atoms with Crippen LogP contribution in [0.25, 0.3) is 0 Å². The van der Waals surface area contributed by atoms with Crippen LogP contribution in [0.1, 0.15) is 23.6 Å². The van der Waals surface area contributed by atoms with Crippen LogP contribution in [0.4, 0.5) is 9.59 Å². The summed E-state index contributed by atoms with van der Waals surface area (Å²) in [6, 6.07) is 12.6. The van der Waals surface area contributed by atoms with E-state index < -0.39 is 54.6 Å². The van der Waals surface area contributed by atoms with E-state index in [-0.39, 0.29) is 12.4 Å². The van der Waals surface area contributed by atoms with E-state index in [0.29, 0.717) is 21.6 Å². The second kappa shape index (κ2) is 11.2. The SMILES string of the molecule is C[C@@]1(c2ccc(C(=N)N)cc2)NC(=O)N(CC(=O)NCC(NC(=O)OCc2ccccc2)C(=O)O)C1=O. The van der Waals surface area contributed by atoms with Gasteiger partial charge in [0.25, 0.3) is 5.91 Å². The molecule has 3 rings (SSSR count). The molecule has 0 spiro atoms. The Kier molecular flexibility index (Phi) is 8.07. The number of carbonyl (C=O) groups is 5. The Labute approximate surface area is 211 Å². The van der Waals surface area contributed by atoms with Crippen molar-refractivity contribution in [2.24, 2.45) is 5.73 Å². The molecule has 5 amide bonds. The molecule has 1 aliphatic rings. The average molecular weight is 511 g/mol. The minimum atomic E-state index is -1.51. The van der Waals surface area contributed by atoms with Gasteiger partial charge in [-0.25, -0.2) is 14.4 Å². The largest absolute Gasteiger partial charge is 0.480 e. The molecule has 7 N–H and O–H groups in total. The van der Waals surface area contributed by atoms with Crippen molar-refractivity contribution < 1.29 is 33.8 Å². The minimum absolute atomic E-state index is 0.0756. The number of amidine groups is 1. The van der Waals surface area contributed by atoms with Crippen molar-refractivity contribution in [3.8, 4) is 0 Å². The Balaban J connectivity index is 1.55. The molecule has 0 bridgehead atoms. The number of nitrogens with one attached hydrogen (secondary N) is 4. The number of imide groups is 1. The summed E-state index contributed by atoms with van der Waals surface area (Å²) in [5, 5.41) is 23.8. The summed E-state index contributed by atoms with van der Waals surface area (Å²) in [6.07, 6.45) is -0.994. The molecule has 0 saturated carbocycles. The van der Waals surface area contributed by atoms with Crippen molar-refractivity contribution in [3.63, 3.8) is 0 Å². The first-order valence-electron chi connectivity index (χ1n) is 11.1. The van der Waals surface area contributed by atoms with Crippen LogP contribution < -0.4 is 21.7 Å². The van der Waals surface area contributed by atoms with Crippen LogP contribution in [-0.4, -0.2) is 64.9 Å². The van der Waals surface area contributed by atoms with Gasteiger partial charge in [0.15, 0.2) is 0 Å². The molecule has 2 aromatic rings. The Morgan fingerprint density at radius 3 is 2.38 bits per heavy atom. The maximum atomic E-state index is 13.0. The van der Waals surface area contributed by atoms with Gasteiger partial charge in [-0.3, -0.25) is 19.9 Å². The summed E-state index contributed by atoms with van der Waals surface area (Å²) in [6.45, 7) is 0.214. The molecule has 13 nitrogen and oxygen atoms in total. The molecule has 1 heterocycles. The smallest absolute Gasteiger partial charge is 0.408 e. The van der Waals surface area contributed by atoms with Gasteiger partial charge in [-0.1, -0.05) is 54.6 Å². The fourth-order valence-electron chi connectivity index (χ4n) is 3.54. The highest BCUT2D eigenvalue weighted by molar-refractivity contribution is 6.09. The lowest BCUT2D eigenvalue weighted by Crippen LogP contribution is -2.50. The molecular formula is C24H26N6O7. The molecular weight excluding hydrogens is 484 g/mol. The molecule has 1 saturated heterocycles. The molecule has 0 aromatic heterocycles. The highest BCUT2D eigenvalue weighted by Gasteiger charge is 2.49. The van der Waals surface area contributed by atoms with E-state index in [4.69, 9.17) is 15.9 Å². The zero-order chi connectivity index (χ0) is 27.2. The predicted molar refractivity (Wildman–Crippen MR) is 129 cm³/mol. The van der Waals surface area contributed by atoms with Crippen molar-refractivity contribution >= 4 is 35.7 Å². The Morgan fingerprint density at radius 1 is 1.14 bits per heavy atom. The Hall–Kier alpha value is -4.94. The Bertz CT molecular complexity index is 1220. The number of benzene rings is 2. The molecule has 1 fully saturated rings. The quantitative estimate of drug-likeness (QED) is 0.148. The maximum absolute atomic E-state index is 13.0. The number of ether oxygens (including phenoxy) is 1. The first kappa shape index (κ1) is 26.7. The summed E-state index contributed by atoms with van der Waals surface area (Å²) in [7, 11) is 0. The summed E-state index contributed by atoms with van der Waals surface area (Å²) >= 11 is 0. The van der Waals surface area contributed by atoms with E-state index in [0.717, 1.165) is 0 Å². The van der Waals surface area contributed by atoms with Crippen LogP contribution in [0, 0.1) is 5.41 Å². The van der Waals surface area contributed by atoms with Crippen LogP contribution in [-0.2, 0) is 31.3 Å². The number of hydrogen-bond donors (Lipinski definition) is 6. The number of rotatable bonds is 10. The van der Waals surface area contributed by atoms with Gasteiger partial charge in [-0.2, -0.15) is 0 Å². The number of nitrogens with zero attached hydrogens (tertiary/aromatic N) is 1. The lowest BCUT2D eigenvalue weighted by molar-refractivity contribution is -0.139. The maximum Gasteiger partial charge on any atom is 0.408 e. The van der Waals surface area contributed by atoms with E-state index in [1.54, 1.807) is 42.5 Å². The topological polar surface area (TPSA) is 204 Å². The second-order valence-electron chi connectivity index (χ2n) is 8.34. The van der Waals surface area contributed by atoms with E-state index in [9.17, 15) is 29.1 Å². The van der Waals surface area contributed by atoms with E-state index in [1.807, 2.05) is 0 Å². The molecule has 1 aliphatic heterocycles. The van der Waals surface area contributed by atoms with Crippen molar-refractivity contribution in [2.45, 2.75) is 25.1 Å². The van der Waals surface area contributed by atoms with E-state index in [1.165, 1.54) is 19.1 Å². The van der Waals surface area contributed by atoms with Gasteiger partial charge < -0.3 is 31.5 Å². The fraction of sp³-hybridized carbons (Fsp3) is 0.250. The second-order valence-corrected chi connectivity index (χ2v) is 8.34. The van der Waals surface area contributed by atoms with Crippen molar-refractivity contribution in [1.29, 1.82) is 5.41 Å². The molecule has 194 valence electrons. The number of alkyl carbamates (subject to hydrolysis) is 1. The first-order valence-corrected chi connectivity index (χ1v) is 11.1. The average Bonchev–Trinajstić information content (AvgIpc) is 3.09. The highest BCUT2D eigenvalue weighted by atomic mass is 16.5. The van der Waals surface area contributed by atoms with Gasteiger partial charge in [0, 0.05) is 12.1 Å². The van der Waals surface area contributed by atoms with E-state index >= 15 is 0 Å². The molecule has 0 radical (unpaired) electrons. The van der Waals surface area contributed by atoms with Crippen LogP contribution in [0.3, 0.4) is 0 Å². The van der Waals surface area contributed by atoms with Gasteiger partial charge in [-0.15, -0.1) is 0 Å². The third-order valence-corrected chi connectivity index (χ3v) is 5.66. The fourth-order valence-corrected chi connectivity index (χ4v) is 3.54. The van der Waals surface area contributed by atoms with Gasteiger partial charge in [-0.05, 0) is 18.1 Å². The predicted octanol–water partition coefficient (Wildman–Crippen LogP) is 0.233. The number of carbonyl (C=O) groups excluding carboxylic acids is 4. The molecule has 1 unspecified atom stereocenters. The number of urea groups is 1. The van der Waals surface area contributed by atoms with Crippen LogP contribution >= 0.6 is 0 Å². The van der Waals surface area contributed by atoms with Crippen molar-refractivity contribution in [1.82, 2.24) is 20.9 Å². The molecule has 0 aliphatic carbocycles.